The monoisotopic (exact) mass is 460 g/mol. The van der Waals surface area contributed by atoms with Gasteiger partial charge in [-0.1, -0.05) is 37.3 Å². The van der Waals surface area contributed by atoms with Crippen LogP contribution in [0.25, 0.3) is 0 Å². The number of hydrogen-bond donors (Lipinski definition) is 1. The quantitative estimate of drug-likeness (QED) is 0.452. The number of ether oxygens (including phenoxy) is 3. The van der Waals surface area contributed by atoms with Crippen molar-refractivity contribution in [2.75, 3.05) is 36.6 Å². The first-order chi connectivity index (χ1) is 16.6. The van der Waals surface area contributed by atoms with Crippen molar-refractivity contribution in [1.82, 2.24) is 0 Å². The van der Waals surface area contributed by atoms with Gasteiger partial charge in [-0.3, -0.25) is 9.59 Å². The smallest absolute Gasteiger partial charge is 0.265 e. The van der Waals surface area contributed by atoms with Crippen LogP contribution in [-0.2, 0) is 16.0 Å². The van der Waals surface area contributed by atoms with Crippen LogP contribution in [0.4, 0.5) is 11.4 Å². The van der Waals surface area contributed by atoms with Crippen LogP contribution in [0.5, 0.6) is 17.2 Å². The zero-order valence-corrected chi connectivity index (χ0v) is 19.2. The summed E-state index contributed by atoms with van der Waals surface area (Å²) in [7, 11) is 0. The molecule has 0 bridgehead atoms. The number of carbonyl (C=O) groups is 2. The van der Waals surface area contributed by atoms with Crippen LogP contribution >= 0.6 is 0 Å². The zero-order valence-electron chi connectivity index (χ0n) is 19.2. The lowest BCUT2D eigenvalue weighted by Gasteiger charge is -2.29. The van der Waals surface area contributed by atoms with Crippen LogP contribution in [0.1, 0.15) is 18.9 Å². The summed E-state index contributed by atoms with van der Waals surface area (Å²) in [5.41, 5.74) is 2.47. The van der Waals surface area contributed by atoms with Gasteiger partial charge in [0.15, 0.2) is 13.2 Å². The lowest BCUT2D eigenvalue weighted by molar-refractivity contribution is -0.121. The molecule has 0 unspecified atom stereocenters. The second-order valence-electron chi connectivity index (χ2n) is 7.87. The third-order valence-corrected chi connectivity index (χ3v) is 5.43. The molecule has 1 heterocycles. The van der Waals surface area contributed by atoms with Gasteiger partial charge in [0.05, 0.1) is 12.3 Å². The maximum atomic E-state index is 12.4. The molecule has 0 radical (unpaired) electrons. The average molecular weight is 461 g/mol. The fourth-order valence-electron chi connectivity index (χ4n) is 3.62. The van der Waals surface area contributed by atoms with E-state index in [1.807, 2.05) is 54.6 Å². The number of para-hydroxylation sites is 1. The van der Waals surface area contributed by atoms with Crippen molar-refractivity contribution in [1.29, 1.82) is 0 Å². The Balaban J connectivity index is 1.30. The highest BCUT2D eigenvalue weighted by molar-refractivity contribution is 5.99. The Morgan fingerprint density at radius 3 is 2.53 bits per heavy atom. The fourth-order valence-corrected chi connectivity index (χ4v) is 3.62. The molecule has 2 amide bonds. The Kier molecular flexibility index (Phi) is 7.65. The summed E-state index contributed by atoms with van der Waals surface area (Å²) in [4.78, 5) is 26.4. The Morgan fingerprint density at radius 1 is 1.00 bits per heavy atom. The molecular formula is C27H28N2O5. The van der Waals surface area contributed by atoms with E-state index in [4.69, 9.17) is 14.2 Å². The van der Waals surface area contributed by atoms with Crippen molar-refractivity contribution in [2.45, 2.75) is 19.8 Å². The molecule has 7 heteroatoms. The minimum absolute atomic E-state index is 0.0409. The Hall–Kier alpha value is -4.00. The first-order valence-electron chi connectivity index (χ1n) is 11.4. The molecule has 0 atom stereocenters. The number of hydrogen-bond acceptors (Lipinski definition) is 5. The number of fused-ring (bicyclic) bond motifs is 1. The van der Waals surface area contributed by atoms with Gasteiger partial charge in [-0.05, 0) is 54.8 Å². The van der Waals surface area contributed by atoms with Crippen molar-refractivity contribution in [3.8, 4) is 17.2 Å². The van der Waals surface area contributed by atoms with Gasteiger partial charge in [-0.15, -0.1) is 0 Å². The summed E-state index contributed by atoms with van der Waals surface area (Å²) in [6, 6.07) is 22.5. The largest absolute Gasteiger partial charge is 0.494 e. The fraction of sp³-hybridized carbons (Fsp3) is 0.259. The van der Waals surface area contributed by atoms with Gasteiger partial charge >= 0.3 is 0 Å². The van der Waals surface area contributed by atoms with E-state index in [-0.39, 0.29) is 25.0 Å². The highest BCUT2D eigenvalue weighted by atomic mass is 16.5. The van der Waals surface area contributed by atoms with Crippen molar-refractivity contribution >= 4 is 23.2 Å². The Morgan fingerprint density at radius 2 is 1.76 bits per heavy atom. The van der Waals surface area contributed by atoms with Gasteiger partial charge < -0.3 is 24.4 Å². The summed E-state index contributed by atoms with van der Waals surface area (Å²) < 4.78 is 16.9. The van der Waals surface area contributed by atoms with E-state index in [0.29, 0.717) is 42.4 Å². The number of amides is 2. The van der Waals surface area contributed by atoms with E-state index in [0.717, 1.165) is 12.2 Å². The Bertz CT molecular complexity index is 1120. The number of benzene rings is 3. The molecule has 0 saturated carbocycles. The number of nitrogens with zero attached hydrogens (tertiary/aromatic N) is 1. The standard InChI is InChI=1S/C27H28N2O5/c1-2-20-9-12-23(13-10-20)33-18-26(30)28-21-11-14-24-25(17-21)34-19-27(31)29(24)15-6-16-32-22-7-4-3-5-8-22/h3-5,7-14,17H,2,6,15-16,18-19H2,1H3,(H,28,30). The molecule has 176 valence electrons. The second-order valence-corrected chi connectivity index (χ2v) is 7.87. The highest BCUT2D eigenvalue weighted by Gasteiger charge is 2.25. The summed E-state index contributed by atoms with van der Waals surface area (Å²) >= 11 is 0. The van der Waals surface area contributed by atoms with Crippen LogP contribution in [0.2, 0.25) is 0 Å². The molecule has 0 saturated heterocycles. The summed E-state index contributed by atoms with van der Waals surface area (Å²) in [6.45, 7) is 2.95. The van der Waals surface area contributed by atoms with Gasteiger partial charge in [0.2, 0.25) is 0 Å². The highest BCUT2D eigenvalue weighted by Crippen LogP contribution is 2.34. The summed E-state index contributed by atoms with van der Waals surface area (Å²) in [5, 5.41) is 2.81. The predicted molar refractivity (Wildman–Crippen MR) is 131 cm³/mol. The number of rotatable bonds is 10. The van der Waals surface area contributed by atoms with E-state index in [1.54, 1.807) is 23.1 Å². The first kappa shape index (κ1) is 23.2. The predicted octanol–water partition coefficient (Wildman–Crippen LogP) is 4.46. The SMILES string of the molecule is CCc1ccc(OCC(=O)Nc2ccc3c(c2)OCC(=O)N3CCCOc2ccccc2)cc1. The van der Waals surface area contributed by atoms with E-state index in [1.165, 1.54) is 5.56 Å². The lowest BCUT2D eigenvalue weighted by Crippen LogP contribution is -2.39. The minimum Gasteiger partial charge on any atom is -0.494 e. The molecule has 1 aliphatic rings. The third kappa shape index (κ3) is 6.07. The van der Waals surface area contributed by atoms with Crippen LogP contribution in [0.3, 0.4) is 0 Å². The maximum absolute atomic E-state index is 12.4. The van der Waals surface area contributed by atoms with Crippen molar-refractivity contribution in [3.05, 3.63) is 78.4 Å². The number of carbonyl (C=O) groups excluding carboxylic acids is 2. The molecule has 1 N–H and O–H groups in total. The van der Waals surface area contributed by atoms with Gasteiger partial charge in [-0.25, -0.2) is 0 Å². The molecule has 3 aromatic carbocycles. The molecule has 0 aromatic heterocycles. The van der Waals surface area contributed by atoms with E-state index in [9.17, 15) is 9.59 Å². The molecule has 0 spiro atoms. The lowest BCUT2D eigenvalue weighted by atomic mass is 10.2. The molecule has 1 aliphatic heterocycles. The van der Waals surface area contributed by atoms with E-state index < -0.39 is 0 Å². The molecular weight excluding hydrogens is 432 g/mol. The van der Waals surface area contributed by atoms with Gasteiger partial charge in [0, 0.05) is 18.3 Å². The molecule has 3 aromatic rings. The normalized spacial score (nSPS) is 12.5. The zero-order chi connectivity index (χ0) is 23.8. The number of nitrogens with one attached hydrogen (secondary N) is 1. The van der Waals surface area contributed by atoms with Crippen LogP contribution < -0.4 is 24.4 Å². The van der Waals surface area contributed by atoms with Crippen LogP contribution in [-0.4, -0.2) is 38.2 Å². The number of anilines is 2. The second kappa shape index (κ2) is 11.2. The minimum atomic E-state index is -0.277. The van der Waals surface area contributed by atoms with Crippen molar-refractivity contribution < 1.29 is 23.8 Å². The van der Waals surface area contributed by atoms with Gasteiger partial charge in [-0.2, -0.15) is 0 Å². The van der Waals surface area contributed by atoms with Crippen molar-refractivity contribution in [2.24, 2.45) is 0 Å². The van der Waals surface area contributed by atoms with Crippen molar-refractivity contribution in [3.63, 3.8) is 0 Å². The average Bonchev–Trinajstić information content (AvgIpc) is 2.87. The maximum Gasteiger partial charge on any atom is 0.265 e. The van der Waals surface area contributed by atoms with Gasteiger partial charge in [0.1, 0.15) is 17.2 Å². The summed E-state index contributed by atoms with van der Waals surface area (Å²) in [5.74, 6) is 1.62. The molecule has 0 fully saturated rings. The molecule has 4 rings (SSSR count). The summed E-state index contributed by atoms with van der Waals surface area (Å²) in [6.07, 6.45) is 1.63. The van der Waals surface area contributed by atoms with E-state index in [2.05, 4.69) is 12.2 Å². The molecule has 0 aliphatic carbocycles. The van der Waals surface area contributed by atoms with Crippen LogP contribution in [0, 0.1) is 0 Å². The number of aryl methyl sites for hydroxylation is 1. The first-order valence-corrected chi connectivity index (χ1v) is 11.4. The van der Waals surface area contributed by atoms with Gasteiger partial charge in [0.25, 0.3) is 11.8 Å². The van der Waals surface area contributed by atoms with Crippen LogP contribution in [0.15, 0.2) is 72.8 Å². The Labute approximate surface area is 199 Å². The third-order valence-electron chi connectivity index (χ3n) is 5.43. The van der Waals surface area contributed by atoms with E-state index >= 15 is 0 Å². The topological polar surface area (TPSA) is 77.1 Å². The molecule has 34 heavy (non-hydrogen) atoms. The molecule has 7 nitrogen and oxygen atoms in total.